The fourth-order valence-electron chi connectivity index (χ4n) is 2.83. The average Bonchev–Trinajstić information content (AvgIpc) is 2.95. The van der Waals surface area contributed by atoms with E-state index in [4.69, 9.17) is 9.47 Å². The Labute approximate surface area is 150 Å². The number of carbonyl (C=O) groups excluding carboxylic acids is 1. The zero-order chi connectivity index (χ0) is 18.8. The van der Waals surface area contributed by atoms with Crippen LogP contribution in [0.3, 0.4) is 0 Å². The summed E-state index contributed by atoms with van der Waals surface area (Å²) in [5.74, 6) is 0.151. The normalized spacial score (nSPS) is 15.0. The van der Waals surface area contributed by atoms with Gasteiger partial charge < -0.3 is 9.47 Å². The molecule has 2 aromatic rings. The van der Waals surface area contributed by atoms with Crippen molar-refractivity contribution < 1.29 is 19.2 Å². The molecule has 26 heavy (non-hydrogen) atoms. The number of nitro benzene ring substituents is 1. The van der Waals surface area contributed by atoms with Crippen LogP contribution < -0.4 is 4.74 Å². The van der Waals surface area contributed by atoms with Crippen molar-refractivity contribution in [1.29, 1.82) is 0 Å². The third-order valence-electron chi connectivity index (χ3n) is 4.09. The lowest BCUT2D eigenvalue weighted by atomic mass is 10.0. The van der Waals surface area contributed by atoms with Gasteiger partial charge in [0.2, 0.25) is 0 Å². The summed E-state index contributed by atoms with van der Waals surface area (Å²) < 4.78 is 10.4. The van der Waals surface area contributed by atoms with Crippen LogP contribution in [0.1, 0.15) is 22.3 Å². The van der Waals surface area contributed by atoms with Gasteiger partial charge in [0, 0.05) is 11.6 Å². The largest absolute Gasteiger partial charge is 0.490 e. The first-order valence-electron chi connectivity index (χ1n) is 7.94. The van der Waals surface area contributed by atoms with Crippen molar-refractivity contribution in [3.63, 3.8) is 0 Å². The van der Waals surface area contributed by atoms with E-state index < -0.39 is 10.9 Å². The molecule has 0 atom stereocenters. The molecule has 0 spiro atoms. The summed E-state index contributed by atoms with van der Waals surface area (Å²) in [6.07, 6.45) is 3.21. The van der Waals surface area contributed by atoms with E-state index in [1.54, 1.807) is 18.2 Å². The van der Waals surface area contributed by atoms with E-state index in [1.165, 1.54) is 19.2 Å². The second-order valence-electron chi connectivity index (χ2n) is 6.00. The Morgan fingerprint density at radius 3 is 2.58 bits per heavy atom. The highest BCUT2D eigenvalue weighted by molar-refractivity contribution is 6.05. The second kappa shape index (κ2) is 6.84. The van der Waals surface area contributed by atoms with Gasteiger partial charge in [-0.2, -0.15) is 0 Å². The quantitative estimate of drug-likeness (QED) is 0.357. The first kappa shape index (κ1) is 17.4. The van der Waals surface area contributed by atoms with Crippen molar-refractivity contribution in [1.82, 2.24) is 0 Å². The molecule has 0 bridgehead atoms. The summed E-state index contributed by atoms with van der Waals surface area (Å²) in [6.45, 7) is 3.94. The molecule has 6 heteroatoms. The summed E-state index contributed by atoms with van der Waals surface area (Å²) in [7, 11) is 1.37. The summed E-state index contributed by atoms with van der Waals surface area (Å²) in [6, 6.07) is 10.4. The number of nitrogens with zero attached hydrogens (tertiary/aromatic N) is 1. The van der Waals surface area contributed by atoms with E-state index >= 15 is 0 Å². The predicted octanol–water partition coefficient (Wildman–Crippen LogP) is 4.20. The molecule has 0 fully saturated rings. The van der Waals surface area contributed by atoms with Crippen molar-refractivity contribution in [2.75, 3.05) is 7.11 Å². The van der Waals surface area contributed by atoms with Gasteiger partial charge in [-0.3, -0.25) is 10.1 Å². The standard InChI is InChI=1S/C20H17NO5/c1-12-4-6-16(13(2)8-12)19-11-15(20(22)26-19)9-14-5-7-18(25-3)17(10-14)21(23)24/h4-11H,1-3H3/b15-9+. The minimum absolute atomic E-state index is 0.160. The molecule has 3 rings (SSSR count). The van der Waals surface area contributed by atoms with Crippen molar-refractivity contribution in [3.05, 3.63) is 80.4 Å². The van der Waals surface area contributed by atoms with Crippen LogP contribution >= 0.6 is 0 Å². The molecule has 1 aliphatic rings. The van der Waals surface area contributed by atoms with E-state index in [-0.39, 0.29) is 11.4 Å². The summed E-state index contributed by atoms with van der Waals surface area (Å²) in [4.78, 5) is 22.8. The molecule has 2 aromatic carbocycles. The van der Waals surface area contributed by atoms with Crippen LogP contribution in [-0.2, 0) is 9.53 Å². The first-order valence-corrected chi connectivity index (χ1v) is 7.94. The minimum Gasteiger partial charge on any atom is -0.490 e. The average molecular weight is 351 g/mol. The van der Waals surface area contributed by atoms with E-state index in [9.17, 15) is 14.9 Å². The molecule has 0 aromatic heterocycles. The van der Waals surface area contributed by atoms with Gasteiger partial charge in [0.05, 0.1) is 17.6 Å². The van der Waals surface area contributed by atoms with Crippen molar-refractivity contribution >= 4 is 23.5 Å². The topological polar surface area (TPSA) is 78.7 Å². The lowest BCUT2D eigenvalue weighted by Gasteiger charge is -2.06. The zero-order valence-electron chi connectivity index (χ0n) is 14.6. The van der Waals surface area contributed by atoms with E-state index in [1.807, 2.05) is 32.0 Å². The number of hydrogen-bond donors (Lipinski definition) is 0. The number of ether oxygens (including phenoxy) is 2. The monoisotopic (exact) mass is 351 g/mol. The maximum Gasteiger partial charge on any atom is 0.343 e. The molecule has 6 nitrogen and oxygen atoms in total. The third-order valence-corrected chi connectivity index (χ3v) is 4.09. The lowest BCUT2D eigenvalue weighted by molar-refractivity contribution is -0.385. The van der Waals surface area contributed by atoms with Gasteiger partial charge >= 0.3 is 11.7 Å². The van der Waals surface area contributed by atoms with Crippen LogP contribution in [-0.4, -0.2) is 18.0 Å². The lowest BCUT2D eigenvalue weighted by Crippen LogP contribution is -1.98. The number of esters is 1. The van der Waals surface area contributed by atoms with Crippen molar-refractivity contribution in [2.45, 2.75) is 13.8 Å². The van der Waals surface area contributed by atoms with Crippen LogP contribution in [0.25, 0.3) is 11.8 Å². The molecular weight excluding hydrogens is 334 g/mol. The van der Waals surface area contributed by atoms with Crippen LogP contribution in [0.2, 0.25) is 0 Å². The number of aryl methyl sites for hydroxylation is 2. The SMILES string of the molecule is COc1ccc(/C=C2\C=C(c3ccc(C)cc3C)OC2=O)cc1[N+](=O)[O-]. The van der Waals surface area contributed by atoms with Gasteiger partial charge in [-0.05, 0) is 43.2 Å². The molecule has 1 heterocycles. The molecule has 0 N–H and O–H groups in total. The number of methoxy groups -OCH3 is 1. The number of carbonyl (C=O) groups is 1. The van der Waals surface area contributed by atoms with Crippen LogP contribution in [0.15, 0.2) is 48.0 Å². The van der Waals surface area contributed by atoms with Crippen LogP contribution in [0, 0.1) is 24.0 Å². The Kier molecular flexibility index (Phi) is 4.58. The molecule has 0 amide bonds. The van der Waals surface area contributed by atoms with Crippen LogP contribution in [0.4, 0.5) is 5.69 Å². The number of rotatable bonds is 4. The molecular formula is C20H17NO5. The first-order chi connectivity index (χ1) is 12.4. The summed E-state index contributed by atoms with van der Waals surface area (Å²) >= 11 is 0. The summed E-state index contributed by atoms with van der Waals surface area (Å²) in [5.41, 5.74) is 3.66. The Bertz CT molecular complexity index is 972. The van der Waals surface area contributed by atoms with E-state index in [0.717, 1.165) is 16.7 Å². The highest BCUT2D eigenvalue weighted by Crippen LogP contribution is 2.32. The number of hydrogen-bond acceptors (Lipinski definition) is 5. The number of nitro groups is 1. The smallest absolute Gasteiger partial charge is 0.343 e. The van der Waals surface area contributed by atoms with E-state index in [0.29, 0.717) is 16.9 Å². The maximum atomic E-state index is 12.2. The van der Waals surface area contributed by atoms with Gasteiger partial charge in [-0.25, -0.2) is 4.79 Å². The third kappa shape index (κ3) is 3.35. The minimum atomic E-state index is -0.523. The molecule has 1 aliphatic heterocycles. The summed E-state index contributed by atoms with van der Waals surface area (Å²) in [5, 5.41) is 11.1. The maximum absolute atomic E-state index is 12.2. The fraction of sp³-hybridized carbons (Fsp3) is 0.150. The highest BCUT2D eigenvalue weighted by Gasteiger charge is 2.23. The van der Waals surface area contributed by atoms with Gasteiger partial charge in [0.1, 0.15) is 5.76 Å². The Hall–Kier alpha value is -3.41. The van der Waals surface area contributed by atoms with E-state index in [2.05, 4.69) is 0 Å². The fourth-order valence-corrected chi connectivity index (χ4v) is 2.83. The Balaban J connectivity index is 1.99. The molecule has 132 valence electrons. The number of cyclic esters (lactones) is 1. The second-order valence-corrected chi connectivity index (χ2v) is 6.00. The van der Waals surface area contributed by atoms with Gasteiger partial charge in [-0.15, -0.1) is 0 Å². The molecule has 0 saturated heterocycles. The molecule has 0 saturated carbocycles. The Morgan fingerprint density at radius 1 is 1.15 bits per heavy atom. The molecule has 0 aliphatic carbocycles. The zero-order valence-corrected chi connectivity index (χ0v) is 14.6. The van der Waals surface area contributed by atoms with Crippen LogP contribution in [0.5, 0.6) is 5.75 Å². The predicted molar refractivity (Wildman–Crippen MR) is 97.6 cm³/mol. The van der Waals surface area contributed by atoms with Crippen molar-refractivity contribution in [3.8, 4) is 5.75 Å². The van der Waals surface area contributed by atoms with Crippen molar-refractivity contribution in [2.24, 2.45) is 0 Å². The molecule has 0 radical (unpaired) electrons. The van der Waals surface area contributed by atoms with Gasteiger partial charge in [0.25, 0.3) is 0 Å². The Morgan fingerprint density at radius 2 is 1.92 bits per heavy atom. The number of benzene rings is 2. The molecule has 0 unspecified atom stereocenters. The van der Waals surface area contributed by atoms with Gasteiger partial charge in [-0.1, -0.05) is 29.8 Å². The highest BCUT2D eigenvalue weighted by atomic mass is 16.6. The van der Waals surface area contributed by atoms with Gasteiger partial charge in [0.15, 0.2) is 5.75 Å².